The molecule has 0 spiro atoms. The minimum absolute atomic E-state index is 0.268. The number of benzene rings is 2. The lowest BCUT2D eigenvalue weighted by molar-refractivity contribution is 0.195. The summed E-state index contributed by atoms with van der Waals surface area (Å²) in [6.07, 6.45) is -0.892. The number of hydrogen-bond donors (Lipinski definition) is 1. The summed E-state index contributed by atoms with van der Waals surface area (Å²) >= 11 is 3.17. The molecular weight excluding hydrogens is 330 g/mol. The molecule has 0 bridgehead atoms. The van der Waals surface area contributed by atoms with Gasteiger partial charge in [-0.25, -0.2) is 8.78 Å². The van der Waals surface area contributed by atoms with Crippen LogP contribution in [0, 0.1) is 18.6 Å². The van der Waals surface area contributed by atoms with E-state index in [2.05, 4.69) is 15.9 Å². The highest BCUT2D eigenvalue weighted by atomic mass is 79.9. The Hall–Kier alpha value is -1.46. The van der Waals surface area contributed by atoms with Crippen LogP contribution in [0.1, 0.15) is 24.2 Å². The Kier molecular flexibility index (Phi) is 4.40. The lowest BCUT2D eigenvalue weighted by Crippen LogP contribution is -1.99. The number of hydrogen-bond acceptors (Lipinski definition) is 2. The quantitative estimate of drug-likeness (QED) is 0.861. The van der Waals surface area contributed by atoms with Crippen molar-refractivity contribution in [3.63, 3.8) is 0 Å². The van der Waals surface area contributed by atoms with Crippen LogP contribution in [0.15, 0.2) is 34.8 Å². The molecule has 2 rings (SSSR count). The molecule has 2 aromatic carbocycles. The smallest absolute Gasteiger partial charge is 0.133 e. The van der Waals surface area contributed by atoms with Crippen LogP contribution in [0.2, 0.25) is 0 Å². The summed E-state index contributed by atoms with van der Waals surface area (Å²) in [7, 11) is 0. The van der Waals surface area contributed by atoms with Crippen LogP contribution >= 0.6 is 15.9 Å². The average molecular weight is 343 g/mol. The Bertz CT molecular complexity index is 622. The topological polar surface area (TPSA) is 29.5 Å². The molecule has 0 aliphatic heterocycles. The van der Waals surface area contributed by atoms with E-state index < -0.39 is 17.7 Å². The van der Waals surface area contributed by atoms with E-state index in [9.17, 15) is 13.9 Å². The molecule has 0 aromatic heterocycles. The molecule has 0 saturated carbocycles. The molecule has 1 atom stereocenters. The van der Waals surface area contributed by atoms with Crippen LogP contribution in [-0.2, 0) is 0 Å². The molecule has 2 aromatic rings. The van der Waals surface area contributed by atoms with Gasteiger partial charge >= 0.3 is 0 Å². The zero-order valence-corrected chi connectivity index (χ0v) is 12.5. The first-order valence-corrected chi connectivity index (χ1v) is 6.78. The molecule has 0 aliphatic rings. The molecule has 1 N–H and O–H groups in total. The van der Waals surface area contributed by atoms with Gasteiger partial charge in [-0.15, -0.1) is 0 Å². The number of aliphatic hydroxyl groups excluding tert-OH is 1. The molecule has 0 radical (unpaired) electrons. The van der Waals surface area contributed by atoms with E-state index in [0.717, 1.165) is 0 Å². The second-order valence-corrected chi connectivity index (χ2v) is 5.44. The van der Waals surface area contributed by atoms with Crippen molar-refractivity contribution in [3.8, 4) is 11.5 Å². The fourth-order valence-corrected chi connectivity index (χ4v) is 2.24. The summed E-state index contributed by atoms with van der Waals surface area (Å²) in [4.78, 5) is 0. The van der Waals surface area contributed by atoms with Crippen molar-refractivity contribution < 1.29 is 18.6 Å². The van der Waals surface area contributed by atoms with Gasteiger partial charge in [-0.1, -0.05) is 15.9 Å². The Morgan fingerprint density at radius 2 is 1.85 bits per heavy atom. The van der Waals surface area contributed by atoms with Gasteiger partial charge in [0, 0.05) is 16.1 Å². The first-order chi connectivity index (χ1) is 9.36. The van der Waals surface area contributed by atoms with Crippen LogP contribution in [0.4, 0.5) is 8.78 Å². The van der Waals surface area contributed by atoms with Crippen molar-refractivity contribution in [2.24, 2.45) is 0 Å². The molecule has 0 aliphatic carbocycles. The van der Waals surface area contributed by atoms with E-state index in [0.29, 0.717) is 21.3 Å². The van der Waals surface area contributed by atoms with Crippen LogP contribution in [-0.4, -0.2) is 5.11 Å². The maximum Gasteiger partial charge on any atom is 0.133 e. The fourth-order valence-electron chi connectivity index (χ4n) is 1.80. The lowest BCUT2D eigenvalue weighted by Gasteiger charge is -2.15. The van der Waals surface area contributed by atoms with Gasteiger partial charge in [-0.05, 0) is 43.7 Å². The standard InChI is InChI=1S/C15H13BrF2O2/c1-8-3-15(13(9(2)19)7-14(8)18)20-12-5-10(16)4-11(17)6-12/h3-7,9,19H,1-2H3/t9-/m1/s1. The highest BCUT2D eigenvalue weighted by molar-refractivity contribution is 9.10. The second-order valence-electron chi connectivity index (χ2n) is 4.52. The van der Waals surface area contributed by atoms with E-state index >= 15 is 0 Å². The van der Waals surface area contributed by atoms with Gasteiger partial charge < -0.3 is 9.84 Å². The van der Waals surface area contributed by atoms with Crippen molar-refractivity contribution in [3.05, 3.63) is 57.6 Å². The number of aliphatic hydroxyl groups is 1. The molecule has 0 amide bonds. The monoisotopic (exact) mass is 342 g/mol. The molecular formula is C15H13BrF2O2. The van der Waals surface area contributed by atoms with E-state index in [1.807, 2.05) is 0 Å². The predicted octanol–water partition coefficient (Wildman–Crippen LogP) is 4.88. The summed E-state index contributed by atoms with van der Waals surface area (Å²) in [6.45, 7) is 3.11. The SMILES string of the molecule is Cc1cc(Oc2cc(F)cc(Br)c2)c([C@@H](C)O)cc1F. The number of ether oxygens (including phenoxy) is 1. The fraction of sp³-hybridized carbons (Fsp3) is 0.200. The lowest BCUT2D eigenvalue weighted by atomic mass is 10.1. The van der Waals surface area contributed by atoms with Gasteiger partial charge in [0.25, 0.3) is 0 Å². The minimum atomic E-state index is -0.892. The number of aryl methyl sites for hydroxylation is 1. The second kappa shape index (κ2) is 5.89. The van der Waals surface area contributed by atoms with E-state index in [-0.39, 0.29) is 5.75 Å². The van der Waals surface area contributed by atoms with Crippen LogP contribution < -0.4 is 4.74 Å². The maximum absolute atomic E-state index is 13.6. The highest BCUT2D eigenvalue weighted by Crippen LogP contribution is 2.33. The van der Waals surface area contributed by atoms with Gasteiger partial charge in [0.1, 0.15) is 23.1 Å². The number of rotatable bonds is 3. The van der Waals surface area contributed by atoms with Crippen molar-refractivity contribution in [1.82, 2.24) is 0 Å². The Labute approximate surface area is 124 Å². The van der Waals surface area contributed by atoms with Gasteiger partial charge in [0.2, 0.25) is 0 Å². The largest absolute Gasteiger partial charge is 0.457 e. The van der Waals surface area contributed by atoms with Crippen LogP contribution in [0.5, 0.6) is 11.5 Å². The van der Waals surface area contributed by atoms with Crippen LogP contribution in [0.25, 0.3) is 0 Å². The Morgan fingerprint density at radius 1 is 1.15 bits per heavy atom. The molecule has 0 fully saturated rings. The number of halogens is 3. The summed E-state index contributed by atoms with van der Waals surface area (Å²) in [6, 6.07) is 6.82. The summed E-state index contributed by atoms with van der Waals surface area (Å²) in [5.74, 6) is -0.304. The third kappa shape index (κ3) is 3.35. The first kappa shape index (κ1) is 14.9. The van der Waals surface area contributed by atoms with Crippen molar-refractivity contribution >= 4 is 15.9 Å². The van der Waals surface area contributed by atoms with Crippen molar-refractivity contribution in [2.45, 2.75) is 20.0 Å². The molecule has 2 nitrogen and oxygen atoms in total. The summed E-state index contributed by atoms with van der Waals surface area (Å²) < 4.78 is 33.0. The summed E-state index contributed by atoms with van der Waals surface area (Å²) in [5.41, 5.74) is 0.702. The third-order valence-corrected chi connectivity index (χ3v) is 3.26. The predicted molar refractivity (Wildman–Crippen MR) is 75.9 cm³/mol. The Morgan fingerprint density at radius 3 is 2.45 bits per heavy atom. The zero-order chi connectivity index (χ0) is 14.9. The third-order valence-electron chi connectivity index (χ3n) is 2.81. The van der Waals surface area contributed by atoms with Crippen LogP contribution in [0.3, 0.4) is 0 Å². The maximum atomic E-state index is 13.6. The molecule has 0 heterocycles. The van der Waals surface area contributed by atoms with Crippen molar-refractivity contribution in [2.75, 3.05) is 0 Å². The summed E-state index contributed by atoms with van der Waals surface area (Å²) in [5, 5.41) is 9.68. The van der Waals surface area contributed by atoms with E-state index in [1.165, 1.54) is 31.2 Å². The minimum Gasteiger partial charge on any atom is -0.457 e. The highest BCUT2D eigenvalue weighted by Gasteiger charge is 2.14. The zero-order valence-electron chi connectivity index (χ0n) is 11.0. The van der Waals surface area contributed by atoms with E-state index in [4.69, 9.17) is 4.74 Å². The molecule has 5 heteroatoms. The average Bonchev–Trinajstić information content (AvgIpc) is 2.31. The molecule has 0 unspecified atom stereocenters. The first-order valence-electron chi connectivity index (χ1n) is 5.99. The van der Waals surface area contributed by atoms with Gasteiger partial charge in [-0.2, -0.15) is 0 Å². The Balaban J connectivity index is 2.44. The molecule has 20 heavy (non-hydrogen) atoms. The van der Waals surface area contributed by atoms with Crippen molar-refractivity contribution in [1.29, 1.82) is 0 Å². The van der Waals surface area contributed by atoms with Gasteiger partial charge in [0.05, 0.1) is 6.10 Å². The normalized spacial score (nSPS) is 12.3. The van der Waals surface area contributed by atoms with Gasteiger partial charge in [0.15, 0.2) is 0 Å². The van der Waals surface area contributed by atoms with Gasteiger partial charge in [-0.3, -0.25) is 0 Å². The van der Waals surface area contributed by atoms with E-state index in [1.54, 1.807) is 13.0 Å². The molecule has 106 valence electrons. The molecule has 0 saturated heterocycles.